The molecule has 1 amide bonds. The predicted molar refractivity (Wildman–Crippen MR) is 83.9 cm³/mol. The van der Waals surface area contributed by atoms with Crippen molar-refractivity contribution in [3.05, 3.63) is 28.3 Å². The molecular formula is C14H21ClN2O3S. The molecule has 0 aliphatic heterocycles. The first-order valence-electron chi connectivity index (χ1n) is 6.71. The maximum atomic E-state index is 12.4. The van der Waals surface area contributed by atoms with Gasteiger partial charge in [-0.15, -0.1) is 0 Å². The number of nitrogens with one attached hydrogen (secondary N) is 1. The largest absolute Gasteiger partial charge is 0.349 e. The molecule has 1 rings (SSSR count). The topological polar surface area (TPSA) is 89.3 Å². The van der Waals surface area contributed by atoms with Crippen LogP contribution in [0.1, 0.15) is 43.1 Å². The van der Waals surface area contributed by atoms with E-state index in [0.29, 0.717) is 5.56 Å². The van der Waals surface area contributed by atoms with Crippen molar-refractivity contribution in [1.29, 1.82) is 0 Å². The zero-order valence-corrected chi connectivity index (χ0v) is 14.2. The lowest BCUT2D eigenvalue weighted by molar-refractivity contribution is 0.0923. The second-order valence-electron chi connectivity index (χ2n) is 5.35. The summed E-state index contributed by atoms with van der Waals surface area (Å²) < 4.78 is 23.1. The lowest BCUT2D eigenvalue weighted by atomic mass is 10.0. The van der Waals surface area contributed by atoms with E-state index in [-0.39, 0.29) is 33.3 Å². The number of rotatable bonds is 5. The number of primary sulfonamides is 1. The van der Waals surface area contributed by atoms with Crippen molar-refractivity contribution in [2.45, 2.75) is 45.1 Å². The van der Waals surface area contributed by atoms with Gasteiger partial charge in [-0.3, -0.25) is 4.79 Å². The summed E-state index contributed by atoms with van der Waals surface area (Å²) in [5.74, 6) is -0.0726. The fourth-order valence-electron chi connectivity index (χ4n) is 2.17. The van der Waals surface area contributed by atoms with E-state index in [4.69, 9.17) is 16.7 Å². The molecule has 0 aliphatic rings. The number of carbonyl (C=O) groups excluding carboxylic acids is 1. The van der Waals surface area contributed by atoms with E-state index in [2.05, 4.69) is 5.32 Å². The maximum Gasteiger partial charge on any atom is 0.251 e. The summed E-state index contributed by atoms with van der Waals surface area (Å²) in [6.07, 6.45) is 0.783. The Morgan fingerprint density at radius 3 is 2.38 bits per heavy atom. The Balaban J connectivity index is 3.25. The Bertz CT molecular complexity index is 642. The standard InChI is InChI=1S/C14H21ClN2O3S/c1-5-12(8(2)3)17-14(18)11-6-10(15)7-13(9(11)4)21(16,19)20/h6-8,12H,5H2,1-4H3,(H,17,18)(H2,16,19,20). The van der Waals surface area contributed by atoms with Crippen LogP contribution in [0.25, 0.3) is 0 Å². The van der Waals surface area contributed by atoms with Gasteiger partial charge in [-0.25, -0.2) is 13.6 Å². The fourth-order valence-corrected chi connectivity index (χ4v) is 3.28. The van der Waals surface area contributed by atoms with E-state index in [1.54, 1.807) is 6.92 Å². The van der Waals surface area contributed by atoms with E-state index in [1.165, 1.54) is 12.1 Å². The third-order valence-electron chi connectivity index (χ3n) is 3.44. The van der Waals surface area contributed by atoms with Crippen molar-refractivity contribution in [1.82, 2.24) is 5.32 Å². The number of benzene rings is 1. The van der Waals surface area contributed by atoms with Gasteiger partial charge in [0.05, 0.1) is 4.90 Å². The van der Waals surface area contributed by atoms with Gasteiger partial charge < -0.3 is 5.32 Å². The second kappa shape index (κ2) is 6.77. The average Bonchev–Trinajstić information content (AvgIpc) is 2.36. The molecule has 7 heteroatoms. The number of hydrogen-bond acceptors (Lipinski definition) is 3. The fraction of sp³-hybridized carbons (Fsp3) is 0.500. The minimum absolute atomic E-state index is 0.00816. The first kappa shape index (κ1) is 17.9. The van der Waals surface area contributed by atoms with Crippen molar-refractivity contribution >= 4 is 27.5 Å². The molecule has 0 saturated heterocycles. The molecule has 118 valence electrons. The third kappa shape index (κ3) is 4.43. The summed E-state index contributed by atoms with van der Waals surface area (Å²) in [7, 11) is -3.93. The summed E-state index contributed by atoms with van der Waals surface area (Å²) in [6.45, 7) is 7.54. The Kier molecular flexibility index (Phi) is 5.78. The molecule has 0 spiro atoms. The number of amides is 1. The van der Waals surface area contributed by atoms with Crippen LogP contribution in [-0.2, 0) is 10.0 Å². The molecule has 0 saturated carbocycles. The van der Waals surface area contributed by atoms with E-state index < -0.39 is 10.0 Å². The zero-order chi connectivity index (χ0) is 16.4. The Labute approximate surface area is 130 Å². The second-order valence-corrected chi connectivity index (χ2v) is 7.32. The summed E-state index contributed by atoms with van der Waals surface area (Å²) in [5.41, 5.74) is 0.531. The molecular weight excluding hydrogens is 312 g/mol. The zero-order valence-electron chi connectivity index (χ0n) is 12.6. The van der Waals surface area contributed by atoms with Crippen LogP contribution in [0.2, 0.25) is 5.02 Å². The van der Waals surface area contributed by atoms with E-state index >= 15 is 0 Å². The van der Waals surface area contributed by atoms with Gasteiger partial charge in [-0.1, -0.05) is 32.4 Å². The molecule has 1 unspecified atom stereocenters. The number of sulfonamides is 1. The Morgan fingerprint density at radius 2 is 1.95 bits per heavy atom. The molecule has 21 heavy (non-hydrogen) atoms. The van der Waals surface area contributed by atoms with Crippen LogP contribution in [0, 0.1) is 12.8 Å². The Morgan fingerprint density at radius 1 is 1.38 bits per heavy atom. The number of hydrogen-bond donors (Lipinski definition) is 2. The SMILES string of the molecule is CCC(NC(=O)c1cc(Cl)cc(S(N)(=O)=O)c1C)C(C)C. The molecule has 0 fully saturated rings. The van der Waals surface area contributed by atoms with Crippen molar-refractivity contribution in [2.24, 2.45) is 11.1 Å². The molecule has 0 heterocycles. The van der Waals surface area contributed by atoms with Gasteiger partial charge in [-0.2, -0.15) is 0 Å². The van der Waals surface area contributed by atoms with E-state index in [0.717, 1.165) is 6.42 Å². The monoisotopic (exact) mass is 332 g/mol. The summed E-state index contributed by atoms with van der Waals surface area (Å²) in [6, 6.07) is 2.71. The molecule has 1 atom stereocenters. The van der Waals surface area contributed by atoms with Gasteiger partial charge in [0.15, 0.2) is 0 Å². The first-order valence-corrected chi connectivity index (χ1v) is 8.64. The van der Waals surface area contributed by atoms with Crippen molar-refractivity contribution < 1.29 is 13.2 Å². The van der Waals surface area contributed by atoms with Gasteiger partial charge in [0.1, 0.15) is 0 Å². The van der Waals surface area contributed by atoms with Gasteiger partial charge in [0.25, 0.3) is 5.91 Å². The van der Waals surface area contributed by atoms with Crippen LogP contribution >= 0.6 is 11.6 Å². The van der Waals surface area contributed by atoms with Gasteiger partial charge in [0.2, 0.25) is 10.0 Å². The third-order valence-corrected chi connectivity index (χ3v) is 4.69. The summed E-state index contributed by atoms with van der Waals surface area (Å²) in [4.78, 5) is 12.2. The highest BCUT2D eigenvalue weighted by atomic mass is 35.5. The molecule has 1 aromatic carbocycles. The molecule has 1 aromatic rings. The van der Waals surface area contributed by atoms with Crippen LogP contribution < -0.4 is 10.5 Å². The smallest absolute Gasteiger partial charge is 0.251 e. The molecule has 3 N–H and O–H groups in total. The summed E-state index contributed by atoms with van der Waals surface area (Å²) >= 11 is 5.91. The lowest BCUT2D eigenvalue weighted by Crippen LogP contribution is -2.38. The molecule has 5 nitrogen and oxygen atoms in total. The number of carbonyl (C=O) groups is 1. The molecule has 0 aromatic heterocycles. The highest BCUT2D eigenvalue weighted by Crippen LogP contribution is 2.24. The maximum absolute atomic E-state index is 12.4. The van der Waals surface area contributed by atoms with Crippen LogP contribution in [-0.4, -0.2) is 20.4 Å². The van der Waals surface area contributed by atoms with Gasteiger partial charge in [0, 0.05) is 16.6 Å². The highest BCUT2D eigenvalue weighted by Gasteiger charge is 2.21. The van der Waals surface area contributed by atoms with E-state index in [1.807, 2.05) is 20.8 Å². The Hall–Kier alpha value is -1.11. The summed E-state index contributed by atoms with van der Waals surface area (Å²) in [5, 5.41) is 8.21. The van der Waals surface area contributed by atoms with Crippen molar-refractivity contribution in [3.63, 3.8) is 0 Å². The van der Waals surface area contributed by atoms with Gasteiger partial charge in [-0.05, 0) is 37.0 Å². The molecule has 0 bridgehead atoms. The number of nitrogens with two attached hydrogens (primary N) is 1. The molecule has 0 radical (unpaired) electrons. The van der Waals surface area contributed by atoms with Crippen LogP contribution in [0.3, 0.4) is 0 Å². The van der Waals surface area contributed by atoms with Crippen LogP contribution in [0.15, 0.2) is 17.0 Å². The normalized spacial score (nSPS) is 13.3. The van der Waals surface area contributed by atoms with Crippen molar-refractivity contribution in [2.75, 3.05) is 0 Å². The highest BCUT2D eigenvalue weighted by molar-refractivity contribution is 7.89. The first-order chi connectivity index (χ1) is 9.57. The minimum Gasteiger partial charge on any atom is -0.349 e. The average molecular weight is 333 g/mol. The van der Waals surface area contributed by atoms with Crippen molar-refractivity contribution in [3.8, 4) is 0 Å². The van der Waals surface area contributed by atoms with Crippen LogP contribution in [0.5, 0.6) is 0 Å². The lowest BCUT2D eigenvalue weighted by Gasteiger charge is -2.21. The molecule has 0 aliphatic carbocycles. The van der Waals surface area contributed by atoms with Crippen LogP contribution in [0.4, 0.5) is 0 Å². The van der Waals surface area contributed by atoms with Gasteiger partial charge >= 0.3 is 0 Å². The quantitative estimate of drug-likeness (QED) is 0.867. The predicted octanol–water partition coefficient (Wildman–Crippen LogP) is 2.46. The number of halogens is 1. The van der Waals surface area contributed by atoms with E-state index in [9.17, 15) is 13.2 Å². The minimum atomic E-state index is -3.93.